The van der Waals surface area contributed by atoms with Crippen LogP contribution in [0.3, 0.4) is 0 Å². The van der Waals surface area contributed by atoms with Crippen molar-refractivity contribution in [1.29, 1.82) is 0 Å². The van der Waals surface area contributed by atoms with Crippen molar-refractivity contribution in [1.82, 2.24) is 14.3 Å². The fourth-order valence-electron chi connectivity index (χ4n) is 3.67. The Kier molecular flexibility index (Phi) is 4.86. The molecular formula is C23H26N4O2. The molecule has 2 amide bonds. The van der Waals surface area contributed by atoms with Gasteiger partial charge in [-0.1, -0.05) is 39.0 Å². The maximum Gasteiger partial charge on any atom is 0.292 e. The largest absolute Gasteiger partial charge is 0.337 e. The van der Waals surface area contributed by atoms with E-state index in [1.54, 1.807) is 10.6 Å². The summed E-state index contributed by atoms with van der Waals surface area (Å²) in [4.78, 5) is 32.1. The van der Waals surface area contributed by atoms with Gasteiger partial charge in [-0.25, -0.2) is 4.98 Å². The molecule has 0 unspecified atom stereocenters. The lowest BCUT2D eigenvalue weighted by atomic mass is 9.87. The Labute approximate surface area is 170 Å². The van der Waals surface area contributed by atoms with E-state index in [0.29, 0.717) is 16.9 Å². The fourth-order valence-corrected chi connectivity index (χ4v) is 3.67. The van der Waals surface area contributed by atoms with Crippen molar-refractivity contribution in [3.63, 3.8) is 0 Å². The molecule has 0 saturated carbocycles. The van der Waals surface area contributed by atoms with E-state index in [2.05, 4.69) is 31.1 Å². The van der Waals surface area contributed by atoms with E-state index < -0.39 is 0 Å². The molecule has 1 fully saturated rings. The minimum Gasteiger partial charge on any atom is -0.337 e. The lowest BCUT2D eigenvalue weighted by molar-refractivity contribution is 0.0789. The Balaban J connectivity index is 1.63. The van der Waals surface area contributed by atoms with Crippen LogP contribution >= 0.6 is 0 Å². The molecule has 6 nitrogen and oxygen atoms in total. The molecule has 3 heterocycles. The zero-order valence-corrected chi connectivity index (χ0v) is 17.1. The molecule has 0 spiro atoms. The molecule has 1 aliphatic rings. The van der Waals surface area contributed by atoms with Crippen LogP contribution in [-0.2, 0) is 5.41 Å². The van der Waals surface area contributed by atoms with Crippen LogP contribution < -0.4 is 5.32 Å². The summed E-state index contributed by atoms with van der Waals surface area (Å²) in [7, 11) is 0. The molecule has 150 valence electrons. The summed E-state index contributed by atoms with van der Waals surface area (Å²) in [6.07, 6.45) is 3.78. The molecule has 29 heavy (non-hydrogen) atoms. The second kappa shape index (κ2) is 7.35. The van der Waals surface area contributed by atoms with Gasteiger partial charge >= 0.3 is 0 Å². The highest BCUT2D eigenvalue weighted by Crippen LogP contribution is 2.24. The highest BCUT2D eigenvalue weighted by Gasteiger charge is 2.26. The average Bonchev–Trinajstić information content (AvgIpc) is 3.35. The number of imidazole rings is 1. The van der Waals surface area contributed by atoms with Crippen molar-refractivity contribution < 1.29 is 9.59 Å². The number of aromatic nitrogens is 2. The number of hydrogen-bond acceptors (Lipinski definition) is 3. The topological polar surface area (TPSA) is 66.7 Å². The van der Waals surface area contributed by atoms with Crippen LogP contribution in [0.15, 0.2) is 48.7 Å². The first-order valence-corrected chi connectivity index (χ1v) is 10.0. The van der Waals surface area contributed by atoms with Gasteiger partial charge in [0.15, 0.2) is 5.69 Å². The van der Waals surface area contributed by atoms with E-state index >= 15 is 0 Å². The quantitative estimate of drug-likeness (QED) is 0.731. The molecule has 1 saturated heterocycles. The van der Waals surface area contributed by atoms with Gasteiger partial charge in [-0.2, -0.15) is 0 Å². The lowest BCUT2D eigenvalue weighted by Gasteiger charge is -2.19. The van der Waals surface area contributed by atoms with Crippen LogP contribution in [0.1, 0.15) is 60.3 Å². The molecule has 0 bridgehead atoms. The van der Waals surface area contributed by atoms with Gasteiger partial charge in [-0.3, -0.25) is 14.0 Å². The third-order valence-corrected chi connectivity index (χ3v) is 5.36. The number of pyridine rings is 1. The van der Waals surface area contributed by atoms with Gasteiger partial charge in [-0.05, 0) is 48.1 Å². The maximum absolute atomic E-state index is 12.9. The number of likely N-dealkylation sites (tertiary alicyclic amines) is 1. The fraction of sp³-hybridized carbons (Fsp3) is 0.348. The highest BCUT2D eigenvalue weighted by atomic mass is 16.2. The molecule has 0 atom stereocenters. The van der Waals surface area contributed by atoms with Crippen molar-refractivity contribution >= 4 is 23.0 Å². The summed E-state index contributed by atoms with van der Waals surface area (Å²) >= 11 is 0. The van der Waals surface area contributed by atoms with Crippen LogP contribution in [0.5, 0.6) is 0 Å². The van der Waals surface area contributed by atoms with Crippen molar-refractivity contribution in [3.8, 4) is 0 Å². The zero-order chi connectivity index (χ0) is 20.6. The Bertz CT molecular complexity index is 1050. The molecule has 3 aromatic rings. The monoisotopic (exact) mass is 390 g/mol. The summed E-state index contributed by atoms with van der Waals surface area (Å²) < 4.78 is 1.68. The summed E-state index contributed by atoms with van der Waals surface area (Å²) in [5.41, 5.74) is 2.92. The highest BCUT2D eigenvalue weighted by molar-refractivity contribution is 6.06. The second-order valence-electron chi connectivity index (χ2n) is 8.52. The normalized spacial score (nSPS) is 14.4. The first kappa shape index (κ1) is 19.2. The Morgan fingerprint density at radius 2 is 1.69 bits per heavy atom. The molecule has 6 heteroatoms. The van der Waals surface area contributed by atoms with E-state index in [1.807, 2.05) is 47.4 Å². The maximum atomic E-state index is 12.9. The number of nitrogens with zero attached hydrogens (tertiary/aromatic N) is 3. The molecule has 1 aliphatic heterocycles. The summed E-state index contributed by atoms with van der Waals surface area (Å²) in [6, 6.07) is 13.3. The molecule has 1 N–H and O–H groups in total. The number of amides is 2. The number of rotatable bonds is 3. The SMILES string of the molecule is CC(C)(C)c1ccc(NC(=O)c2nc(C(=O)N3CCCC3)c3ccccn23)cc1. The summed E-state index contributed by atoms with van der Waals surface area (Å²) in [5.74, 6) is -0.238. The Hall–Kier alpha value is -3.15. The summed E-state index contributed by atoms with van der Waals surface area (Å²) in [6.45, 7) is 7.93. The predicted octanol–water partition coefficient (Wildman–Crippen LogP) is 4.12. The van der Waals surface area contributed by atoms with E-state index in [-0.39, 0.29) is 23.1 Å². The standard InChI is InChI=1S/C23H26N4O2/c1-23(2,3)16-9-11-17(12-10-16)24-21(28)20-25-19(18-8-4-5-15-27(18)20)22(29)26-13-6-7-14-26/h4-5,8-12,15H,6-7,13-14H2,1-3H3,(H,24,28). The molecule has 4 rings (SSSR count). The number of anilines is 1. The second-order valence-corrected chi connectivity index (χ2v) is 8.52. The zero-order valence-electron chi connectivity index (χ0n) is 17.1. The first-order valence-electron chi connectivity index (χ1n) is 10.0. The third kappa shape index (κ3) is 3.75. The van der Waals surface area contributed by atoms with Crippen LogP contribution in [0.25, 0.3) is 5.52 Å². The van der Waals surface area contributed by atoms with Crippen LogP contribution in [0.2, 0.25) is 0 Å². The number of carbonyl (C=O) groups is 2. The van der Waals surface area contributed by atoms with Gasteiger partial charge in [0, 0.05) is 25.0 Å². The van der Waals surface area contributed by atoms with Gasteiger partial charge in [0.05, 0.1) is 5.52 Å². The molecule has 0 aliphatic carbocycles. The van der Waals surface area contributed by atoms with Crippen LogP contribution in [0.4, 0.5) is 5.69 Å². The first-order chi connectivity index (χ1) is 13.8. The Morgan fingerprint density at radius 3 is 2.34 bits per heavy atom. The van der Waals surface area contributed by atoms with Crippen LogP contribution in [-0.4, -0.2) is 39.2 Å². The van der Waals surface area contributed by atoms with E-state index in [9.17, 15) is 9.59 Å². The van der Waals surface area contributed by atoms with Crippen molar-refractivity contribution in [2.24, 2.45) is 0 Å². The van der Waals surface area contributed by atoms with Crippen molar-refractivity contribution in [2.45, 2.75) is 39.0 Å². The van der Waals surface area contributed by atoms with Gasteiger partial charge < -0.3 is 10.2 Å². The number of benzene rings is 1. The number of fused-ring (bicyclic) bond motifs is 1. The number of nitrogens with one attached hydrogen (secondary N) is 1. The van der Waals surface area contributed by atoms with E-state index in [0.717, 1.165) is 25.9 Å². The number of carbonyl (C=O) groups excluding carboxylic acids is 2. The van der Waals surface area contributed by atoms with Gasteiger partial charge in [0.25, 0.3) is 11.8 Å². The third-order valence-electron chi connectivity index (χ3n) is 5.36. The number of hydrogen-bond donors (Lipinski definition) is 1. The smallest absolute Gasteiger partial charge is 0.292 e. The Morgan fingerprint density at radius 1 is 1.00 bits per heavy atom. The van der Waals surface area contributed by atoms with Crippen molar-refractivity contribution in [2.75, 3.05) is 18.4 Å². The summed E-state index contributed by atoms with van der Waals surface area (Å²) in [5, 5.41) is 2.90. The molecule has 0 radical (unpaired) electrons. The van der Waals surface area contributed by atoms with Gasteiger partial charge in [-0.15, -0.1) is 0 Å². The molecule has 1 aromatic carbocycles. The van der Waals surface area contributed by atoms with E-state index in [1.165, 1.54) is 5.56 Å². The molecular weight excluding hydrogens is 364 g/mol. The minimum atomic E-state index is -0.338. The van der Waals surface area contributed by atoms with Gasteiger partial charge in [0.1, 0.15) is 0 Å². The lowest BCUT2D eigenvalue weighted by Crippen LogP contribution is -2.28. The average molecular weight is 390 g/mol. The minimum absolute atomic E-state index is 0.0483. The van der Waals surface area contributed by atoms with E-state index in [4.69, 9.17) is 0 Å². The predicted molar refractivity (Wildman–Crippen MR) is 113 cm³/mol. The molecule has 2 aromatic heterocycles. The van der Waals surface area contributed by atoms with Crippen molar-refractivity contribution in [3.05, 3.63) is 65.7 Å². The van der Waals surface area contributed by atoms with Gasteiger partial charge in [0.2, 0.25) is 5.82 Å². The van der Waals surface area contributed by atoms with Crippen LogP contribution in [0, 0.1) is 0 Å².